The molecular weight excluding hydrogens is 208 g/mol. The Morgan fingerprint density at radius 2 is 1.76 bits per heavy atom. The van der Waals surface area contributed by atoms with Crippen LogP contribution in [0.5, 0.6) is 5.75 Å². The van der Waals surface area contributed by atoms with Crippen molar-refractivity contribution >= 4 is 10.8 Å². The molecule has 0 saturated heterocycles. The molecule has 1 saturated carbocycles. The van der Waals surface area contributed by atoms with Crippen LogP contribution in [0.3, 0.4) is 0 Å². The van der Waals surface area contributed by atoms with Gasteiger partial charge in [-0.3, -0.25) is 0 Å². The van der Waals surface area contributed by atoms with Crippen molar-refractivity contribution in [3.63, 3.8) is 0 Å². The zero-order valence-electron chi connectivity index (χ0n) is 10.4. The summed E-state index contributed by atoms with van der Waals surface area (Å²) in [6.07, 6.45) is 2.73. The van der Waals surface area contributed by atoms with E-state index in [-0.39, 0.29) is 0 Å². The SMILES string of the molecule is COc1ccc2cc(C3CCC3C)ccc2c1. The van der Waals surface area contributed by atoms with Crippen molar-refractivity contribution in [2.24, 2.45) is 5.92 Å². The van der Waals surface area contributed by atoms with Crippen LogP contribution in [0.25, 0.3) is 10.8 Å². The van der Waals surface area contributed by atoms with Crippen LogP contribution in [0, 0.1) is 5.92 Å². The van der Waals surface area contributed by atoms with Gasteiger partial charge in [-0.1, -0.05) is 31.2 Å². The van der Waals surface area contributed by atoms with Gasteiger partial charge in [-0.05, 0) is 53.1 Å². The van der Waals surface area contributed by atoms with Crippen LogP contribution in [0.1, 0.15) is 31.2 Å². The second-order valence-electron chi connectivity index (χ2n) is 5.13. The van der Waals surface area contributed by atoms with Crippen molar-refractivity contribution in [3.8, 4) is 5.75 Å². The van der Waals surface area contributed by atoms with E-state index in [0.29, 0.717) is 0 Å². The van der Waals surface area contributed by atoms with E-state index in [2.05, 4.69) is 37.3 Å². The average molecular weight is 226 g/mol. The highest BCUT2D eigenvalue weighted by Crippen LogP contribution is 2.42. The molecule has 1 aliphatic rings. The number of fused-ring (bicyclic) bond motifs is 1. The quantitative estimate of drug-likeness (QED) is 0.739. The third-order valence-electron chi connectivity index (χ3n) is 4.12. The van der Waals surface area contributed by atoms with Gasteiger partial charge < -0.3 is 4.74 Å². The van der Waals surface area contributed by atoms with Crippen molar-refractivity contribution in [1.29, 1.82) is 0 Å². The molecular formula is C16H18O. The van der Waals surface area contributed by atoms with E-state index >= 15 is 0 Å². The maximum Gasteiger partial charge on any atom is 0.119 e. The molecule has 1 heteroatoms. The predicted molar refractivity (Wildman–Crippen MR) is 71.6 cm³/mol. The van der Waals surface area contributed by atoms with Crippen molar-refractivity contribution in [2.45, 2.75) is 25.7 Å². The lowest BCUT2D eigenvalue weighted by Gasteiger charge is -2.34. The summed E-state index contributed by atoms with van der Waals surface area (Å²) in [5.74, 6) is 2.56. The maximum atomic E-state index is 5.25. The van der Waals surface area contributed by atoms with Gasteiger partial charge in [-0.15, -0.1) is 0 Å². The standard InChI is InChI=1S/C16H18O/c1-11-3-8-16(11)14-5-4-13-10-15(17-2)7-6-12(13)9-14/h4-7,9-11,16H,3,8H2,1-2H3. The molecule has 1 aliphatic carbocycles. The molecule has 0 aliphatic heterocycles. The van der Waals surface area contributed by atoms with Gasteiger partial charge in [0.1, 0.15) is 5.75 Å². The van der Waals surface area contributed by atoms with Gasteiger partial charge in [-0.2, -0.15) is 0 Å². The van der Waals surface area contributed by atoms with Crippen LogP contribution in [0.2, 0.25) is 0 Å². The van der Waals surface area contributed by atoms with E-state index < -0.39 is 0 Å². The van der Waals surface area contributed by atoms with Gasteiger partial charge in [0.25, 0.3) is 0 Å². The van der Waals surface area contributed by atoms with Crippen molar-refractivity contribution < 1.29 is 4.74 Å². The summed E-state index contributed by atoms with van der Waals surface area (Å²) in [6, 6.07) is 13.1. The van der Waals surface area contributed by atoms with Crippen molar-refractivity contribution in [1.82, 2.24) is 0 Å². The Balaban J connectivity index is 2.01. The predicted octanol–water partition coefficient (Wildman–Crippen LogP) is 4.36. The molecule has 2 aromatic rings. The zero-order valence-corrected chi connectivity index (χ0v) is 10.4. The van der Waals surface area contributed by atoms with Gasteiger partial charge in [0.05, 0.1) is 7.11 Å². The molecule has 0 bridgehead atoms. The second kappa shape index (κ2) is 4.06. The van der Waals surface area contributed by atoms with Gasteiger partial charge in [0, 0.05) is 0 Å². The van der Waals surface area contributed by atoms with Crippen LogP contribution >= 0.6 is 0 Å². The number of rotatable bonds is 2. The topological polar surface area (TPSA) is 9.23 Å². The van der Waals surface area contributed by atoms with Crippen molar-refractivity contribution in [3.05, 3.63) is 42.0 Å². The Bertz CT molecular complexity index is 544. The first kappa shape index (κ1) is 10.6. The lowest BCUT2D eigenvalue weighted by atomic mass is 9.71. The molecule has 1 nitrogen and oxygen atoms in total. The Hall–Kier alpha value is -1.50. The molecule has 0 aromatic heterocycles. The van der Waals surface area contributed by atoms with E-state index in [1.54, 1.807) is 7.11 Å². The molecule has 3 rings (SSSR count). The first-order valence-corrected chi connectivity index (χ1v) is 6.35. The molecule has 0 radical (unpaired) electrons. The van der Waals surface area contributed by atoms with E-state index in [0.717, 1.165) is 17.6 Å². The summed E-state index contributed by atoms with van der Waals surface area (Å²) in [7, 11) is 1.71. The molecule has 1 fully saturated rings. The molecule has 88 valence electrons. The van der Waals surface area contributed by atoms with Crippen molar-refractivity contribution in [2.75, 3.05) is 7.11 Å². The molecule has 2 aromatic carbocycles. The Labute approximate surface area is 102 Å². The normalized spacial score (nSPS) is 23.4. The summed E-state index contributed by atoms with van der Waals surface area (Å²) in [4.78, 5) is 0. The van der Waals surface area contributed by atoms with Gasteiger partial charge in [0.15, 0.2) is 0 Å². The zero-order chi connectivity index (χ0) is 11.8. The number of hydrogen-bond donors (Lipinski definition) is 0. The van der Waals surface area contributed by atoms with Crippen LogP contribution in [-0.2, 0) is 0 Å². The first-order chi connectivity index (χ1) is 8.28. The smallest absolute Gasteiger partial charge is 0.119 e. The summed E-state index contributed by atoms with van der Waals surface area (Å²) >= 11 is 0. The fraction of sp³-hybridized carbons (Fsp3) is 0.375. The molecule has 0 N–H and O–H groups in total. The Kier molecular flexibility index (Phi) is 2.54. The Morgan fingerprint density at radius 3 is 2.41 bits per heavy atom. The minimum atomic E-state index is 0.779. The van der Waals surface area contributed by atoms with Gasteiger partial charge in [-0.25, -0.2) is 0 Å². The highest BCUT2D eigenvalue weighted by molar-refractivity contribution is 5.84. The number of methoxy groups -OCH3 is 1. The summed E-state index contributed by atoms with van der Waals surface area (Å²) in [5.41, 5.74) is 1.50. The van der Waals surface area contributed by atoms with Gasteiger partial charge in [0.2, 0.25) is 0 Å². The molecule has 2 atom stereocenters. The molecule has 0 heterocycles. The summed E-state index contributed by atoms with van der Waals surface area (Å²) in [6.45, 7) is 2.35. The molecule has 2 unspecified atom stereocenters. The Morgan fingerprint density at radius 1 is 1.00 bits per heavy atom. The fourth-order valence-electron chi connectivity index (χ4n) is 2.76. The largest absolute Gasteiger partial charge is 0.497 e. The van der Waals surface area contributed by atoms with E-state index in [4.69, 9.17) is 4.74 Å². The van der Waals surface area contributed by atoms with Crippen LogP contribution in [-0.4, -0.2) is 7.11 Å². The van der Waals surface area contributed by atoms with Crippen LogP contribution in [0.4, 0.5) is 0 Å². The van der Waals surface area contributed by atoms with Crippen LogP contribution in [0.15, 0.2) is 36.4 Å². The lowest BCUT2D eigenvalue weighted by molar-refractivity contribution is 0.280. The van der Waals surface area contributed by atoms with Crippen LogP contribution < -0.4 is 4.74 Å². The number of ether oxygens (including phenoxy) is 1. The minimum absolute atomic E-state index is 0.779. The maximum absolute atomic E-state index is 5.25. The number of benzene rings is 2. The first-order valence-electron chi connectivity index (χ1n) is 6.35. The average Bonchev–Trinajstić information content (AvgIpc) is 2.36. The second-order valence-corrected chi connectivity index (χ2v) is 5.13. The highest BCUT2D eigenvalue weighted by atomic mass is 16.5. The lowest BCUT2D eigenvalue weighted by Crippen LogP contribution is -2.20. The van der Waals surface area contributed by atoms with Gasteiger partial charge >= 0.3 is 0 Å². The highest BCUT2D eigenvalue weighted by Gasteiger charge is 2.27. The minimum Gasteiger partial charge on any atom is -0.497 e. The molecule has 0 amide bonds. The molecule has 17 heavy (non-hydrogen) atoms. The molecule has 0 spiro atoms. The van der Waals surface area contributed by atoms with E-state index in [1.807, 2.05) is 6.07 Å². The third-order valence-corrected chi connectivity index (χ3v) is 4.12. The third kappa shape index (κ3) is 1.80. The summed E-state index contributed by atoms with van der Waals surface area (Å²) < 4.78 is 5.25. The fourth-order valence-corrected chi connectivity index (χ4v) is 2.76. The summed E-state index contributed by atoms with van der Waals surface area (Å²) in [5, 5.41) is 2.59. The van der Waals surface area contributed by atoms with E-state index in [9.17, 15) is 0 Å². The van der Waals surface area contributed by atoms with E-state index in [1.165, 1.54) is 29.2 Å². The number of hydrogen-bond acceptors (Lipinski definition) is 1. The monoisotopic (exact) mass is 226 g/mol.